The molecule has 1 N–H and O–H groups in total. The molecule has 0 unspecified atom stereocenters. The van der Waals surface area contributed by atoms with Gasteiger partial charge in [0.2, 0.25) is 0 Å². The molecule has 0 saturated carbocycles. The minimum absolute atomic E-state index is 0.0275. The number of rotatable bonds is 2. The Labute approximate surface area is 103 Å². The summed E-state index contributed by atoms with van der Waals surface area (Å²) in [5.41, 5.74) is 1.23. The SMILES string of the molecule is N#Cc1c(Br)cc(CC(=O)O)cc1I. The quantitative estimate of drug-likeness (QED) is 0.819. The standard InChI is InChI=1S/C9H5BrINO2/c10-7-1-5(3-9(13)14)2-8(11)6(7)4-12/h1-2H,3H2,(H,13,14). The van der Waals surface area contributed by atoms with E-state index in [1.165, 1.54) is 0 Å². The molecule has 0 radical (unpaired) electrons. The zero-order valence-electron chi connectivity index (χ0n) is 6.92. The molecule has 0 aliphatic heterocycles. The van der Waals surface area contributed by atoms with Crippen LogP contribution in [0.3, 0.4) is 0 Å². The topological polar surface area (TPSA) is 61.1 Å². The number of nitriles is 1. The van der Waals surface area contributed by atoms with E-state index in [-0.39, 0.29) is 6.42 Å². The molecule has 1 aromatic carbocycles. The Morgan fingerprint density at radius 3 is 2.71 bits per heavy atom. The van der Waals surface area contributed by atoms with E-state index in [0.29, 0.717) is 15.6 Å². The summed E-state index contributed by atoms with van der Waals surface area (Å²) in [5, 5.41) is 17.4. The minimum atomic E-state index is -0.877. The number of aliphatic carboxylic acids is 1. The van der Waals surface area contributed by atoms with Gasteiger partial charge in [-0.2, -0.15) is 5.26 Å². The van der Waals surface area contributed by atoms with Crippen LogP contribution in [0.5, 0.6) is 0 Å². The smallest absolute Gasteiger partial charge is 0.307 e. The highest BCUT2D eigenvalue weighted by molar-refractivity contribution is 14.1. The molecule has 72 valence electrons. The molecule has 14 heavy (non-hydrogen) atoms. The first-order chi connectivity index (χ1) is 6.54. The van der Waals surface area contributed by atoms with Gasteiger partial charge >= 0.3 is 5.97 Å². The summed E-state index contributed by atoms with van der Waals surface area (Å²) < 4.78 is 1.40. The maximum atomic E-state index is 10.5. The molecule has 0 amide bonds. The first kappa shape index (κ1) is 11.5. The van der Waals surface area contributed by atoms with E-state index in [1.54, 1.807) is 12.1 Å². The number of halogens is 2. The van der Waals surface area contributed by atoms with Crippen LogP contribution in [0.2, 0.25) is 0 Å². The molecule has 0 aliphatic rings. The monoisotopic (exact) mass is 365 g/mol. The van der Waals surface area contributed by atoms with Crippen LogP contribution in [0.1, 0.15) is 11.1 Å². The minimum Gasteiger partial charge on any atom is -0.481 e. The van der Waals surface area contributed by atoms with Crippen LogP contribution in [0, 0.1) is 14.9 Å². The molecule has 0 bridgehead atoms. The fourth-order valence-corrected chi connectivity index (χ4v) is 2.79. The molecule has 5 heteroatoms. The van der Waals surface area contributed by atoms with Gasteiger partial charge in [-0.25, -0.2) is 0 Å². The van der Waals surface area contributed by atoms with Crippen LogP contribution in [0.15, 0.2) is 16.6 Å². The average Bonchev–Trinajstić information content (AvgIpc) is 2.01. The summed E-state index contributed by atoms with van der Waals surface area (Å²) in [6, 6.07) is 5.41. The van der Waals surface area contributed by atoms with E-state index >= 15 is 0 Å². The predicted molar refractivity (Wildman–Crippen MR) is 62.9 cm³/mol. The van der Waals surface area contributed by atoms with E-state index in [0.717, 1.165) is 3.57 Å². The largest absolute Gasteiger partial charge is 0.481 e. The molecule has 0 aliphatic carbocycles. The fraction of sp³-hybridized carbons (Fsp3) is 0.111. The van der Waals surface area contributed by atoms with Crippen molar-refractivity contribution in [3.05, 3.63) is 31.3 Å². The van der Waals surface area contributed by atoms with Crippen molar-refractivity contribution in [2.75, 3.05) is 0 Å². The highest BCUT2D eigenvalue weighted by Crippen LogP contribution is 2.23. The molecule has 0 fully saturated rings. The molecule has 1 rings (SSSR count). The third-order valence-corrected chi connectivity index (χ3v) is 3.05. The lowest BCUT2D eigenvalue weighted by Crippen LogP contribution is -2.01. The predicted octanol–water partition coefficient (Wildman–Crippen LogP) is 2.55. The number of carboxylic acid groups (broad SMARTS) is 1. The van der Waals surface area contributed by atoms with Crippen molar-refractivity contribution in [2.24, 2.45) is 0 Å². The normalized spacial score (nSPS) is 9.50. The van der Waals surface area contributed by atoms with Crippen LogP contribution >= 0.6 is 38.5 Å². The Balaban J connectivity index is 3.15. The van der Waals surface area contributed by atoms with Crippen molar-refractivity contribution in [1.29, 1.82) is 5.26 Å². The van der Waals surface area contributed by atoms with Gasteiger partial charge in [0.05, 0.1) is 12.0 Å². The van der Waals surface area contributed by atoms with Gasteiger partial charge in [0.25, 0.3) is 0 Å². The lowest BCUT2D eigenvalue weighted by molar-refractivity contribution is -0.136. The van der Waals surface area contributed by atoms with Crippen molar-refractivity contribution in [3.63, 3.8) is 0 Å². The maximum Gasteiger partial charge on any atom is 0.307 e. The molecule has 0 saturated heterocycles. The number of carbonyl (C=O) groups is 1. The van der Waals surface area contributed by atoms with Gasteiger partial charge in [0.15, 0.2) is 0 Å². The van der Waals surface area contributed by atoms with Crippen molar-refractivity contribution in [1.82, 2.24) is 0 Å². The number of benzene rings is 1. The summed E-state index contributed by atoms with van der Waals surface area (Å²) in [4.78, 5) is 10.5. The fourth-order valence-electron chi connectivity index (χ4n) is 1.01. The summed E-state index contributed by atoms with van der Waals surface area (Å²) in [6.45, 7) is 0. The van der Waals surface area contributed by atoms with E-state index in [1.807, 2.05) is 28.7 Å². The number of hydrogen-bond donors (Lipinski definition) is 1. The molecular formula is C9H5BrINO2. The molecule has 0 heterocycles. The highest BCUT2D eigenvalue weighted by Gasteiger charge is 2.08. The van der Waals surface area contributed by atoms with Gasteiger partial charge < -0.3 is 5.11 Å². The second-order valence-electron chi connectivity index (χ2n) is 2.62. The van der Waals surface area contributed by atoms with Crippen molar-refractivity contribution < 1.29 is 9.90 Å². The Morgan fingerprint density at radius 2 is 2.29 bits per heavy atom. The van der Waals surface area contributed by atoms with Crippen LogP contribution in [-0.4, -0.2) is 11.1 Å². The van der Waals surface area contributed by atoms with Gasteiger partial charge in [-0.3, -0.25) is 4.79 Å². The van der Waals surface area contributed by atoms with Gasteiger partial charge in [-0.1, -0.05) is 0 Å². The first-order valence-corrected chi connectivity index (χ1v) is 5.51. The van der Waals surface area contributed by atoms with Crippen molar-refractivity contribution >= 4 is 44.5 Å². The highest BCUT2D eigenvalue weighted by atomic mass is 127. The van der Waals surface area contributed by atoms with E-state index in [4.69, 9.17) is 10.4 Å². The lowest BCUT2D eigenvalue weighted by Gasteiger charge is -2.02. The molecule has 0 atom stereocenters. The van der Waals surface area contributed by atoms with E-state index in [9.17, 15) is 4.79 Å². The third-order valence-electron chi connectivity index (χ3n) is 1.57. The Hall–Kier alpha value is -0.610. The average molecular weight is 366 g/mol. The molecule has 3 nitrogen and oxygen atoms in total. The second kappa shape index (κ2) is 4.75. The summed E-state index contributed by atoms with van der Waals surface area (Å²) in [5.74, 6) is -0.877. The Kier molecular flexibility index (Phi) is 3.89. The van der Waals surface area contributed by atoms with Crippen LogP contribution in [-0.2, 0) is 11.2 Å². The summed E-state index contributed by atoms with van der Waals surface area (Å²) >= 11 is 5.24. The lowest BCUT2D eigenvalue weighted by atomic mass is 10.1. The van der Waals surface area contributed by atoms with Crippen LogP contribution in [0.25, 0.3) is 0 Å². The third kappa shape index (κ3) is 2.69. The van der Waals surface area contributed by atoms with Gasteiger partial charge in [-0.05, 0) is 56.2 Å². The van der Waals surface area contributed by atoms with Gasteiger partial charge in [0.1, 0.15) is 6.07 Å². The van der Waals surface area contributed by atoms with E-state index in [2.05, 4.69) is 15.9 Å². The maximum absolute atomic E-state index is 10.5. The van der Waals surface area contributed by atoms with Crippen LogP contribution in [0.4, 0.5) is 0 Å². The Morgan fingerprint density at radius 1 is 1.64 bits per heavy atom. The molecule has 0 spiro atoms. The summed E-state index contributed by atoms with van der Waals surface area (Å²) in [6.07, 6.45) is -0.0275. The molecular weight excluding hydrogens is 361 g/mol. The van der Waals surface area contributed by atoms with Crippen molar-refractivity contribution in [2.45, 2.75) is 6.42 Å². The van der Waals surface area contributed by atoms with Gasteiger partial charge in [0, 0.05) is 8.04 Å². The first-order valence-electron chi connectivity index (χ1n) is 3.64. The Bertz CT molecular complexity index is 402. The second-order valence-corrected chi connectivity index (χ2v) is 4.63. The summed E-state index contributed by atoms with van der Waals surface area (Å²) in [7, 11) is 0. The number of hydrogen-bond acceptors (Lipinski definition) is 2. The molecule has 0 aromatic heterocycles. The zero-order chi connectivity index (χ0) is 10.7. The number of nitrogens with zero attached hydrogens (tertiary/aromatic N) is 1. The van der Waals surface area contributed by atoms with Gasteiger partial charge in [-0.15, -0.1) is 0 Å². The number of carboxylic acids is 1. The van der Waals surface area contributed by atoms with Crippen molar-refractivity contribution in [3.8, 4) is 6.07 Å². The zero-order valence-corrected chi connectivity index (χ0v) is 10.7. The van der Waals surface area contributed by atoms with E-state index < -0.39 is 5.97 Å². The van der Waals surface area contributed by atoms with Crippen LogP contribution < -0.4 is 0 Å². The molecule has 1 aromatic rings.